The van der Waals surface area contributed by atoms with E-state index in [1.54, 1.807) is 0 Å². The van der Waals surface area contributed by atoms with E-state index in [0.29, 0.717) is 5.92 Å². The van der Waals surface area contributed by atoms with E-state index in [4.69, 9.17) is 5.73 Å². The van der Waals surface area contributed by atoms with E-state index in [1.807, 2.05) is 0 Å². The third-order valence-corrected chi connectivity index (χ3v) is 4.01. The summed E-state index contributed by atoms with van der Waals surface area (Å²) >= 11 is 0. The Morgan fingerprint density at radius 2 is 1.76 bits per heavy atom. The lowest BCUT2D eigenvalue weighted by atomic mass is 9.79. The number of hydrogen-bond acceptors (Lipinski definition) is 1. The van der Waals surface area contributed by atoms with Crippen LogP contribution in [0.1, 0.15) is 32.8 Å². The molecule has 2 unspecified atom stereocenters. The van der Waals surface area contributed by atoms with Crippen molar-refractivity contribution in [1.29, 1.82) is 0 Å². The van der Waals surface area contributed by atoms with Crippen LogP contribution in [0.25, 0.3) is 10.8 Å². The molecule has 0 aliphatic heterocycles. The van der Waals surface area contributed by atoms with Crippen LogP contribution in [0.4, 0.5) is 0 Å². The van der Waals surface area contributed by atoms with Crippen LogP contribution in [0, 0.1) is 5.92 Å². The highest BCUT2D eigenvalue weighted by Gasteiger charge is 2.27. The van der Waals surface area contributed by atoms with Crippen molar-refractivity contribution in [3.05, 3.63) is 48.0 Å². The van der Waals surface area contributed by atoms with Gasteiger partial charge in [0.25, 0.3) is 0 Å². The highest BCUT2D eigenvalue weighted by molar-refractivity contribution is 5.83. The summed E-state index contributed by atoms with van der Waals surface area (Å²) in [4.78, 5) is 0. The zero-order valence-corrected chi connectivity index (χ0v) is 10.9. The highest BCUT2D eigenvalue weighted by Crippen LogP contribution is 2.30. The molecule has 2 rings (SSSR count). The molecular formula is C16H21N. The molecule has 0 amide bonds. The second-order valence-electron chi connectivity index (χ2n) is 5.15. The summed E-state index contributed by atoms with van der Waals surface area (Å²) in [5, 5.41) is 2.54. The van der Waals surface area contributed by atoms with Gasteiger partial charge in [0.15, 0.2) is 0 Å². The number of benzene rings is 2. The van der Waals surface area contributed by atoms with Gasteiger partial charge in [0, 0.05) is 5.54 Å². The van der Waals surface area contributed by atoms with Gasteiger partial charge in [-0.15, -0.1) is 0 Å². The summed E-state index contributed by atoms with van der Waals surface area (Å²) in [5.74, 6) is 0.476. The molecule has 0 aliphatic rings. The molecule has 2 aromatic carbocycles. The van der Waals surface area contributed by atoms with Gasteiger partial charge in [-0.3, -0.25) is 0 Å². The van der Waals surface area contributed by atoms with Crippen molar-refractivity contribution < 1.29 is 0 Å². The van der Waals surface area contributed by atoms with Crippen LogP contribution in [0.3, 0.4) is 0 Å². The molecule has 1 nitrogen and oxygen atoms in total. The first-order valence-corrected chi connectivity index (χ1v) is 6.34. The SMILES string of the molecule is CCC(C)C(C)(N)c1ccc2ccccc2c1. The highest BCUT2D eigenvalue weighted by atomic mass is 14.7. The lowest BCUT2D eigenvalue weighted by Gasteiger charge is -2.32. The first-order valence-electron chi connectivity index (χ1n) is 6.34. The van der Waals surface area contributed by atoms with E-state index >= 15 is 0 Å². The maximum atomic E-state index is 6.48. The lowest BCUT2D eigenvalue weighted by molar-refractivity contribution is 0.316. The first kappa shape index (κ1) is 12.1. The van der Waals surface area contributed by atoms with Crippen molar-refractivity contribution in [1.82, 2.24) is 0 Å². The van der Waals surface area contributed by atoms with Crippen LogP contribution in [0.2, 0.25) is 0 Å². The normalized spacial score (nSPS) is 16.7. The molecule has 0 saturated carbocycles. The molecule has 0 saturated heterocycles. The van der Waals surface area contributed by atoms with Gasteiger partial charge in [0.1, 0.15) is 0 Å². The van der Waals surface area contributed by atoms with Gasteiger partial charge in [-0.2, -0.15) is 0 Å². The Bertz CT molecular complexity index is 514. The molecule has 17 heavy (non-hydrogen) atoms. The molecule has 0 radical (unpaired) electrons. The van der Waals surface area contributed by atoms with Crippen molar-refractivity contribution >= 4 is 10.8 Å². The Kier molecular flexibility index (Phi) is 3.21. The van der Waals surface area contributed by atoms with Gasteiger partial charge in [-0.25, -0.2) is 0 Å². The van der Waals surface area contributed by atoms with Gasteiger partial charge in [0.05, 0.1) is 0 Å². The van der Waals surface area contributed by atoms with E-state index in [9.17, 15) is 0 Å². The van der Waals surface area contributed by atoms with Crippen molar-refractivity contribution in [2.24, 2.45) is 11.7 Å². The Morgan fingerprint density at radius 1 is 1.12 bits per heavy atom. The molecule has 2 aromatic rings. The summed E-state index contributed by atoms with van der Waals surface area (Å²) < 4.78 is 0. The predicted molar refractivity (Wildman–Crippen MR) is 74.9 cm³/mol. The van der Waals surface area contributed by atoms with Crippen molar-refractivity contribution in [3.8, 4) is 0 Å². The van der Waals surface area contributed by atoms with E-state index in [2.05, 4.69) is 63.2 Å². The summed E-state index contributed by atoms with van der Waals surface area (Å²) in [6.07, 6.45) is 1.10. The van der Waals surface area contributed by atoms with Crippen molar-refractivity contribution in [3.63, 3.8) is 0 Å². The van der Waals surface area contributed by atoms with Gasteiger partial charge in [-0.1, -0.05) is 56.7 Å². The standard InChI is InChI=1S/C16H21N/c1-4-12(2)16(3,17)15-10-9-13-7-5-6-8-14(13)11-15/h5-12H,4,17H2,1-3H3. The Hall–Kier alpha value is -1.34. The number of hydrogen-bond donors (Lipinski definition) is 1. The minimum atomic E-state index is -0.251. The lowest BCUT2D eigenvalue weighted by Crippen LogP contribution is -2.39. The zero-order valence-electron chi connectivity index (χ0n) is 10.9. The molecule has 0 fully saturated rings. The van der Waals surface area contributed by atoms with Crippen LogP contribution < -0.4 is 5.73 Å². The molecule has 2 atom stereocenters. The fraction of sp³-hybridized carbons (Fsp3) is 0.375. The zero-order chi connectivity index (χ0) is 12.5. The van der Waals surface area contributed by atoms with Gasteiger partial charge in [-0.05, 0) is 35.2 Å². The van der Waals surface area contributed by atoms with Crippen LogP contribution in [-0.4, -0.2) is 0 Å². The second-order valence-corrected chi connectivity index (χ2v) is 5.15. The second kappa shape index (κ2) is 4.50. The summed E-state index contributed by atoms with van der Waals surface area (Å²) in [7, 11) is 0. The summed E-state index contributed by atoms with van der Waals surface area (Å²) in [6, 6.07) is 15.0. The topological polar surface area (TPSA) is 26.0 Å². The van der Waals surface area contributed by atoms with E-state index < -0.39 is 0 Å². The number of nitrogens with two attached hydrogens (primary N) is 1. The van der Waals surface area contributed by atoms with E-state index in [0.717, 1.165) is 6.42 Å². The first-order chi connectivity index (χ1) is 8.05. The van der Waals surface area contributed by atoms with Gasteiger partial charge < -0.3 is 5.73 Å². The molecular weight excluding hydrogens is 206 g/mol. The van der Waals surface area contributed by atoms with Crippen molar-refractivity contribution in [2.45, 2.75) is 32.7 Å². The minimum Gasteiger partial charge on any atom is -0.321 e. The smallest absolute Gasteiger partial charge is 0.0407 e. The molecule has 0 aliphatic carbocycles. The Morgan fingerprint density at radius 3 is 2.41 bits per heavy atom. The summed E-state index contributed by atoms with van der Waals surface area (Å²) in [5.41, 5.74) is 7.46. The van der Waals surface area contributed by atoms with Crippen LogP contribution >= 0.6 is 0 Å². The van der Waals surface area contributed by atoms with Crippen LogP contribution in [-0.2, 0) is 5.54 Å². The fourth-order valence-electron chi connectivity index (χ4n) is 2.23. The van der Waals surface area contributed by atoms with Gasteiger partial charge in [0.2, 0.25) is 0 Å². The molecule has 0 bridgehead atoms. The fourth-order valence-corrected chi connectivity index (χ4v) is 2.23. The molecule has 2 N–H and O–H groups in total. The average molecular weight is 227 g/mol. The summed E-state index contributed by atoms with van der Waals surface area (Å²) in [6.45, 7) is 6.54. The molecule has 0 spiro atoms. The maximum Gasteiger partial charge on any atom is 0.0407 e. The van der Waals surface area contributed by atoms with E-state index in [-0.39, 0.29) is 5.54 Å². The van der Waals surface area contributed by atoms with Gasteiger partial charge >= 0.3 is 0 Å². The molecule has 1 heteroatoms. The number of fused-ring (bicyclic) bond motifs is 1. The maximum absolute atomic E-state index is 6.48. The Balaban J connectivity index is 2.49. The van der Waals surface area contributed by atoms with E-state index in [1.165, 1.54) is 16.3 Å². The quantitative estimate of drug-likeness (QED) is 0.840. The van der Waals surface area contributed by atoms with Crippen molar-refractivity contribution in [2.75, 3.05) is 0 Å². The minimum absolute atomic E-state index is 0.251. The third-order valence-electron chi connectivity index (χ3n) is 4.01. The van der Waals surface area contributed by atoms with Crippen LogP contribution in [0.15, 0.2) is 42.5 Å². The Labute approximate surface area is 104 Å². The van der Waals surface area contributed by atoms with Crippen LogP contribution in [0.5, 0.6) is 0 Å². The number of rotatable bonds is 3. The molecule has 0 aromatic heterocycles. The average Bonchev–Trinajstić information content (AvgIpc) is 2.37. The monoisotopic (exact) mass is 227 g/mol. The molecule has 90 valence electrons. The predicted octanol–water partition coefficient (Wildman–Crippen LogP) is 4.06. The largest absolute Gasteiger partial charge is 0.321 e. The third kappa shape index (κ3) is 2.20. The molecule has 0 heterocycles.